The van der Waals surface area contributed by atoms with Gasteiger partial charge >= 0.3 is 5.97 Å². The molecule has 108 valence electrons. The Bertz CT molecular complexity index is 496. The van der Waals surface area contributed by atoms with Crippen LogP contribution in [0.1, 0.15) is 25.7 Å². The first kappa shape index (κ1) is 14.7. The molecule has 2 rings (SSSR count). The topological polar surface area (TPSA) is 75.6 Å². The minimum atomic E-state index is -0.899. The molecule has 1 fully saturated rings. The number of amides is 1. The molecule has 0 unspecified atom stereocenters. The number of ether oxygens (including phenoxy) is 1. The average molecular weight is 298 g/mol. The van der Waals surface area contributed by atoms with Gasteiger partial charge in [-0.1, -0.05) is 11.6 Å². The zero-order valence-corrected chi connectivity index (χ0v) is 11.7. The van der Waals surface area contributed by atoms with E-state index in [0.29, 0.717) is 23.6 Å². The molecule has 2 N–H and O–H groups in total. The first-order valence-corrected chi connectivity index (χ1v) is 6.78. The Hall–Kier alpha value is -1.75. The smallest absolute Gasteiger partial charge is 0.305 e. The zero-order chi connectivity index (χ0) is 14.6. The van der Waals surface area contributed by atoms with Crippen molar-refractivity contribution in [1.82, 2.24) is 5.32 Å². The number of rotatable bonds is 6. The van der Waals surface area contributed by atoms with Gasteiger partial charge in [-0.05, 0) is 43.5 Å². The van der Waals surface area contributed by atoms with E-state index in [1.165, 1.54) is 0 Å². The molecule has 1 aliphatic rings. The highest BCUT2D eigenvalue weighted by Crippen LogP contribution is 2.34. The molecule has 20 heavy (non-hydrogen) atoms. The molecule has 1 aromatic carbocycles. The van der Waals surface area contributed by atoms with Gasteiger partial charge in [0.25, 0.3) is 5.91 Å². The van der Waals surface area contributed by atoms with Crippen LogP contribution in [0.25, 0.3) is 0 Å². The van der Waals surface area contributed by atoms with E-state index in [1.54, 1.807) is 24.3 Å². The molecule has 0 spiro atoms. The fourth-order valence-electron chi connectivity index (χ4n) is 2.25. The summed E-state index contributed by atoms with van der Waals surface area (Å²) in [4.78, 5) is 22.6. The summed E-state index contributed by atoms with van der Waals surface area (Å²) in [6.07, 6.45) is 2.29. The van der Waals surface area contributed by atoms with Gasteiger partial charge in [-0.2, -0.15) is 0 Å². The molecule has 0 bridgehead atoms. The molecule has 0 aromatic heterocycles. The van der Waals surface area contributed by atoms with Crippen LogP contribution in [-0.4, -0.2) is 29.1 Å². The summed E-state index contributed by atoms with van der Waals surface area (Å²) < 4.78 is 5.32. The predicted octanol–water partition coefficient (Wildman–Crippen LogP) is 2.23. The standard InChI is InChI=1S/C14H16ClNO4/c15-10-2-4-11(5-3-10)20-9-12(17)16-14(6-1-7-14)8-13(18)19/h2-5H,1,6-9H2,(H,16,17)(H,18,19). The normalized spacial score (nSPS) is 16.1. The van der Waals surface area contributed by atoms with E-state index in [-0.39, 0.29) is 18.9 Å². The second-order valence-electron chi connectivity index (χ2n) is 5.00. The molecule has 5 nitrogen and oxygen atoms in total. The van der Waals surface area contributed by atoms with E-state index in [1.807, 2.05) is 0 Å². The van der Waals surface area contributed by atoms with Crippen LogP contribution < -0.4 is 10.1 Å². The van der Waals surface area contributed by atoms with Crippen molar-refractivity contribution >= 4 is 23.5 Å². The van der Waals surface area contributed by atoms with E-state index in [0.717, 1.165) is 6.42 Å². The summed E-state index contributed by atoms with van der Waals surface area (Å²) >= 11 is 5.75. The highest BCUT2D eigenvalue weighted by atomic mass is 35.5. The van der Waals surface area contributed by atoms with Gasteiger partial charge in [0.2, 0.25) is 0 Å². The van der Waals surface area contributed by atoms with Gasteiger partial charge in [0.15, 0.2) is 6.61 Å². The lowest BCUT2D eigenvalue weighted by atomic mass is 9.74. The van der Waals surface area contributed by atoms with Crippen LogP contribution in [0.3, 0.4) is 0 Å². The number of carbonyl (C=O) groups is 2. The number of halogens is 1. The lowest BCUT2D eigenvalue weighted by Crippen LogP contribution is -2.55. The minimum Gasteiger partial charge on any atom is -0.484 e. The van der Waals surface area contributed by atoms with Crippen molar-refractivity contribution in [3.63, 3.8) is 0 Å². The third-order valence-corrected chi connectivity index (χ3v) is 3.64. The zero-order valence-electron chi connectivity index (χ0n) is 10.9. The Balaban J connectivity index is 1.83. The number of aliphatic carboxylic acids is 1. The molecule has 1 saturated carbocycles. The van der Waals surface area contributed by atoms with Crippen molar-refractivity contribution in [2.75, 3.05) is 6.61 Å². The lowest BCUT2D eigenvalue weighted by molar-refractivity contribution is -0.140. The first-order valence-electron chi connectivity index (χ1n) is 6.40. The highest BCUT2D eigenvalue weighted by molar-refractivity contribution is 6.30. The van der Waals surface area contributed by atoms with Crippen LogP contribution in [0.2, 0.25) is 5.02 Å². The summed E-state index contributed by atoms with van der Waals surface area (Å²) in [5.74, 6) is -0.657. The monoisotopic (exact) mass is 297 g/mol. The lowest BCUT2D eigenvalue weighted by Gasteiger charge is -2.41. The van der Waals surface area contributed by atoms with Crippen molar-refractivity contribution in [3.8, 4) is 5.75 Å². The summed E-state index contributed by atoms with van der Waals surface area (Å²) in [6, 6.07) is 6.69. The number of carbonyl (C=O) groups excluding carboxylic acids is 1. The quantitative estimate of drug-likeness (QED) is 0.844. The summed E-state index contributed by atoms with van der Waals surface area (Å²) in [5, 5.41) is 12.2. The van der Waals surface area contributed by atoms with Gasteiger partial charge in [-0.25, -0.2) is 0 Å². The van der Waals surface area contributed by atoms with Gasteiger partial charge in [0, 0.05) is 5.02 Å². The van der Waals surface area contributed by atoms with Crippen molar-refractivity contribution < 1.29 is 19.4 Å². The van der Waals surface area contributed by atoms with Crippen molar-refractivity contribution in [1.29, 1.82) is 0 Å². The summed E-state index contributed by atoms with van der Waals surface area (Å²) in [6.45, 7) is -0.136. The average Bonchev–Trinajstić information content (AvgIpc) is 2.35. The Morgan fingerprint density at radius 2 is 1.95 bits per heavy atom. The molecule has 0 atom stereocenters. The van der Waals surface area contributed by atoms with E-state index in [4.69, 9.17) is 21.4 Å². The van der Waals surface area contributed by atoms with Gasteiger partial charge in [0.1, 0.15) is 5.75 Å². The molecule has 1 aromatic rings. The van der Waals surface area contributed by atoms with Gasteiger partial charge in [-0.15, -0.1) is 0 Å². The van der Waals surface area contributed by atoms with Gasteiger partial charge < -0.3 is 15.2 Å². The molecular weight excluding hydrogens is 282 g/mol. The SMILES string of the molecule is O=C(O)CC1(NC(=O)COc2ccc(Cl)cc2)CCC1. The highest BCUT2D eigenvalue weighted by Gasteiger charge is 2.40. The number of benzene rings is 1. The van der Waals surface area contributed by atoms with Gasteiger partial charge in [-0.3, -0.25) is 9.59 Å². The van der Waals surface area contributed by atoms with Crippen LogP contribution in [0.5, 0.6) is 5.75 Å². The van der Waals surface area contributed by atoms with E-state index in [9.17, 15) is 9.59 Å². The molecule has 0 heterocycles. The van der Waals surface area contributed by atoms with Gasteiger partial charge in [0.05, 0.1) is 12.0 Å². The first-order chi connectivity index (χ1) is 9.49. The Labute approximate surface area is 121 Å². The Kier molecular flexibility index (Phi) is 4.49. The minimum absolute atomic E-state index is 0.0420. The number of carboxylic acid groups (broad SMARTS) is 1. The molecule has 0 saturated heterocycles. The maximum absolute atomic E-state index is 11.8. The molecule has 0 aliphatic heterocycles. The van der Waals surface area contributed by atoms with Crippen molar-refractivity contribution in [2.45, 2.75) is 31.2 Å². The molecule has 0 radical (unpaired) electrons. The fourth-order valence-corrected chi connectivity index (χ4v) is 2.38. The summed E-state index contributed by atoms with van der Waals surface area (Å²) in [7, 11) is 0. The van der Waals surface area contributed by atoms with E-state index in [2.05, 4.69) is 5.32 Å². The maximum atomic E-state index is 11.8. The Morgan fingerprint density at radius 1 is 1.30 bits per heavy atom. The van der Waals surface area contributed by atoms with Crippen LogP contribution in [0.4, 0.5) is 0 Å². The van der Waals surface area contributed by atoms with E-state index < -0.39 is 11.5 Å². The summed E-state index contributed by atoms with van der Waals surface area (Å²) in [5.41, 5.74) is -0.591. The van der Waals surface area contributed by atoms with Crippen molar-refractivity contribution in [3.05, 3.63) is 29.3 Å². The van der Waals surface area contributed by atoms with Crippen LogP contribution >= 0.6 is 11.6 Å². The third kappa shape index (κ3) is 3.87. The Morgan fingerprint density at radius 3 is 2.45 bits per heavy atom. The number of hydrogen-bond donors (Lipinski definition) is 2. The van der Waals surface area contributed by atoms with E-state index >= 15 is 0 Å². The molecule has 1 amide bonds. The van der Waals surface area contributed by atoms with Crippen LogP contribution in [-0.2, 0) is 9.59 Å². The number of carboxylic acids is 1. The molecular formula is C14H16ClNO4. The predicted molar refractivity (Wildman–Crippen MR) is 73.9 cm³/mol. The van der Waals surface area contributed by atoms with Crippen molar-refractivity contribution in [2.24, 2.45) is 0 Å². The second-order valence-corrected chi connectivity index (χ2v) is 5.43. The number of hydrogen-bond acceptors (Lipinski definition) is 3. The number of nitrogens with one attached hydrogen (secondary N) is 1. The fraction of sp³-hybridized carbons (Fsp3) is 0.429. The third-order valence-electron chi connectivity index (χ3n) is 3.39. The largest absolute Gasteiger partial charge is 0.484 e. The molecule has 6 heteroatoms. The van der Waals surface area contributed by atoms with Crippen LogP contribution in [0.15, 0.2) is 24.3 Å². The maximum Gasteiger partial charge on any atom is 0.305 e. The molecule has 1 aliphatic carbocycles. The van der Waals surface area contributed by atoms with Crippen LogP contribution in [0, 0.1) is 0 Å². The second kappa shape index (κ2) is 6.13.